The molecule has 0 aliphatic carbocycles. The Morgan fingerprint density at radius 3 is 3.00 bits per heavy atom. The van der Waals surface area contributed by atoms with Crippen molar-refractivity contribution in [3.63, 3.8) is 0 Å². The quantitative estimate of drug-likeness (QED) is 0.626. The first kappa shape index (κ1) is 19.3. The molecule has 2 unspecified atom stereocenters. The maximum absolute atomic E-state index is 12.4. The van der Waals surface area contributed by atoms with Crippen LogP contribution in [0.5, 0.6) is 0 Å². The SMILES string of the molecule is CC1CCNCC1NC(=O)c1csc(-c2cccc([N+](=O)[O-])c2)n1.Cl. The summed E-state index contributed by atoms with van der Waals surface area (Å²) in [6.45, 7) is 3.86. The minimum absolute atomic E-state index is 0. The Morgan fingerprint density at radius 2 is 2.28 bits per heavy atom. The first-order chi connectivity index (χ1) is 11.5. The molecule has 0 radical (unpaired) electrons. The number of hydrogen-bond donors (Lipinski definition) is 2. The molecule has 1 aliphatic rings. The Hall–Kier alpha value is -2.03. The third-order valence-corrected chi connectivity index (χ3v) is 5.08. The summed E-state index contributed by atoms with van der Waals surface area (Å²) in [7, 11) is 0. The summed E-state index contributed by atoms with van der Waals surface area (Å²) in [5, 5.41) is 19.4. The number of thiazole rings is 1. The zero-order valence-electron chi connectivity index (χ0n) is 13.6. The molecular formula is C16H19ClN4O3S. The molecule has 9 heteroatoms. The number of nitro benzene ring substituents is 1. The molecule has 2 N–H and O–H groups in total. The third-order valence-electron chi connectivity index (χ3n) is 4.18. The van der Waals surface area contributed by atoms with Crippen molar-refractivity contribution >= 4 is 35.3 Å². The average Bonchev–Trinajstić information content (AvgIpc) is 3.07. The van der Waals surface area contributed by atoms with Crippen LogP contribution < -0.4 is 10.6 Å². The van der Waals surface area contributed by atoms with Crippen molar-refractivity contribution in [2.45, 2.75) is 19.4 Å². The van der Waals surface area contributed by atoms with Crippen LogP contribution in [-0.4, -0.2) is 34.9 Å². The number of nitro groups is 1. The average molecular weight is 383 g/mol. The summed E-state index contributed by atoms with van der Waals surface area (Å²) in [5.74, 6) is 0.216. The largest absolute Gasteiger partial charge is 0.346 e. The van der Waals surface area contributed by atoms with E-state index in [2.05, 4.69) is 22.5 Å². The molecule has 1 aromatic carbocycles. The number of nitrogens with zero attached hydrogens (tertiary/aromatic N) is 2. The Bertz CT molecular complexity index is 767. The molecule has 3 rings (SSSR count). The van der Waals surface area contributed by atoms with Crippen molar-refractivity contribution in [3.8, 4) is 10.6 Å². The second-order valence-electron chi connectivity index (χ2n) is 5.90. The van der Waals surface area contributed by atoms with Crippen LogP contribution in [0.2, 0.25) is 0 Å². The highest BCUT2D eigenvalue weighted by Crippen LogP contribution is 2.27. The number of piperidine rings is 1. The van der Waals surface area contributed by atoms with Crippen molar-refractivity contribution in [2.75, 3.05) is 13.1 Å². The van der Waals surface area contributed by atoms with Crippen molar-refractivity contribution in [1.29, 1.82) is 0 Å². The Morgan fingerprint density at radius 1 is 1.48 bits per heavy atom. The van der Waals surface area contributed by atoms with Gasteiger partial charge in [0.2, 0.25) is 0 Å². The van der Waals surface area contributed by atoms with Gasteiger partial charge in [0.1, 0.15) is 10.7 Å². The van der Waals surface area contributed by atoms with Gasteiger partial charge in [-0.2, -0.15) is 0 Å². The summed E-state index contributed by atoms with van der Waals surface area (Å²) in [6.07, 6.45) is 1.03. The van der Waals surface area contributed by atoms with Gasteiger partial charge >= 0.3 is 0 Å². The maximum Gasteiger partial charge on any atom is 0.271 e. The number of nitrogens with one attached hydrogen (secondary N) is 2. The van der Waals surface area contributed by atoms with E-state index in [4.69, 9.17) is 0 Å². The normalized spacial score (nSPS) is 19.7. The zero-order chi connectivity index (χ0) is 17.1. The summed E-state index contributed by atoms with van der Waals surface area (Å²) in [4.78, 5) is 27.1. The molecule has 2 aromatic rings. The molecule has 134 valence electrons. The highest BCUT2D eigenvalue weighted by atomic mass is 35.5. The van der Waals surface area contributed by atoms with E-state index in [1.807, 2.05) is 0 Å². The predicted molar refractivity (Wildman–Crippen MR) is 99.4 cm³/mol. The van der Waals surface area contributed by atoms with Crippen LogP contribution in [0.25, 0.3) is 10.6 Å². The van der Waals surface area contributed by atoms with Gasteiger partial charge in [0.15, 0.2) is 0 Å². The van der Waals surface area contributed by atoms with Crippen LogP contribution in [0.4, 0.5) is 5.69 Å². The van der Waals surface area contributed by atoms with Gasteiger partial charge in [0.05, 0.1) is 4.92 Å². The van der Waals surface area contributed by atoms with E-state index in [-0.39, 0.29) is 30.0 Å². The van der Waals surface area contributed by atoms with Crippen molar-refractivity contribution in [1.82, 2.24) is 15.6 Å². The van der Waals surface area contributed by atoms with Gasteiger partial charge in [0, 0.05) is 35.7 Å². The van der Waals surface area contributed by atoms with Gasteiger partial charge in [0.25, 0.3) is 11.6 Å². The number of carbonyl (C=O) groups is 1. The first-order valence-electron chi connectivity index (χ1n) is 7.76. The van der Waals surface area contributed by atoms with Crippen LogP contribution >= 0.6 is 23.7 Å². The van der Waals surface area contributed by atoms with Crippen LogP contribution in [0, 0.1) is 16.0 Å². The summed E-state index contributed by atoms with van der Waals surface area (Å²) in [6, 6.07) is 6.36. The third kappa shape index (κ3) is 4.53. The van der Waals surface area contributed by atoms with Crippen molar-refractivity contribution < 1.29 is 9.72 Å². The molecule has 0 bridgehead atoms. The first-order valence-corrected chi connectivity index (χ1v) is 8.64. The van der Waals surface area contributed by atoms with E-state index in [1.165, 1.54) is 23.5 Å². The molecule has 1 saturated heterocycles. The van der Waals surface area contributed by atoms with Crippen LogP contribution in [0.1, 0.15) is 23.8 Å². The molecule has 1 aromatic heterocycles. The molecule has 7 nitrogen and oxygen atoms in total. The molecule has 1 amide bonds. The number of hydrogen-bond acceptors (Lipinski definition) is 6. The molecule has 2 atom stereocenters. The smallest absolute Gasteiger partial charge is 0.271 e. The molecule has 0 saturated carbocycles. The highest BCUT2D eigenvalue weighted by molar-refractivity contribution is 7.13. The van der Waals surface area contributed by atoms with Gasteiger partial charge < -0.3 is 10.6 Å². The second kappa shape index (κ2) is 8.37. The Labute approximate surface area is 155 Å². The maximum atomic E-state index is 12.4. The number of halogens is 1. The monoisotopic (exact) mass is 382 g/mol. The fraction of sp³-hybridized carbons (Fsp3) is 0.375. The fourth-order valence-electron chi connectivity index (χ4n) is 2.69. The minimum Gasteiger partial charge on any atom is -0.346 e. The van der Waals surface area contributed by atoms with Gasteiger partial charge in [-0.05, 0) is 18.9 Å². The van der Waals surface area contributed by atoms with Gasteiger partial charge in [-0.15, -0.1) is 23.7 Å². The number of amides is 1. The number of benzene rings is 1. The standard InChI is InChI=1S/C16H18N4O3S.ClH/c1-10-5-6-17-8-13(10)18-15(21)14-9-24-16(19-14)11-3-2-4-12(7-11)20(22)23;/h2-4,7,9-10,13,17H,5-6,8H2,1H3,(H,18,21);1H. The summed E-state index contributed by atoms with van der Waals surface area (Å²) >= 11 is 1.30. The lowest BCUT2D eigenvalue weighted by atomic mass is 9.95. The second-order valence-corrected chi connectivity index (χ2v) is 6.75. The molecular weight excluding hydrogens is 364 g/mol. The summed E-state index contributed by atoms with van der Waals surface area (Å²) < 4.78 is 0. The fourth-order valence-corrected chi connectivity index (χ4v) is 3.49. The number of rotatable bonds is 4. The van der Waals surface area contributed by atoms with Crippen LogP contribution in [0.3, 0.4) is 0 Å². The Balaban J connectivity index is 0.00000225. The van der Waals surface area contributed by atoms with Crippen LogP contribution in [-0.2, 0) is 0 Å². The van der Waals surface area contributed by atoms with Gasteiger partial charge in [-0.3, -0.25) is 14.9 Å². The van der Waals surface area contributed by atoms with Crippen LogP contribution in [0.15, 0.2) is 29.6 Å². The molecule has 25 heavy (non-hydrogen) atoms. The van der Waals surface area contributed by atoms with E-state index in [9.17, 15) is 14.9 Å². The van der Waals surface area contributed by atoms with Gasteiger partial charge in [-0.1, -0.05) is 19.1 Å². The minimum atomic E-state index is -0.442. The number of carbonyl (C=O) groups excluding carboxylic acids is 1. The predicted octanol–water partition coefficient (Wildman–Crippen LogP) is 2.87. The molecule has 1 aliphatic heterocycles. The lowest BCUT2D eigenvalue weighted by Gasteiger charge is -2.29. The van der Waals surface area contributed by atoms with E-state index in [1.54, 1.807) is 17.5 Å². The van der Waals surface area contributed by atoms with E-state index in [0.29, 0.717) is 22.2 Å². The number of non-ortho nitro benzene ring substituents is 1. The Kier molecular flexibility index (Phi) is 6.46. The van der Waals surface area contributed by atoms with Crippen molar-refractivity contribution in [2.24, 2.45) is 5.92 Å². The lowest BCUT2D eigenvalue weighted by molar-refractivity contribution is -0.384. The topological polar surface area (TPSA) is 97.2 Å². The van der Waals surface area contributed by atoms with E-state index >= 15 is 0 Å². The lowest BCUT2D eigenvalue weighted by Crippen LogP contribution is -2.50. The van der Waals surface area contributed by atoms with E-state index < -0.39 is 4.92 Å². The number of aromatic nitrogens is 1. The van der Waals surface area contributed by atoms with E-state index in [0.717, 1.165) is 19.5 Å². The highest BCUT2D eigenvalue weighted by Gasteiger charge is 2.24. The zero-order valence-corrected chi connectivity index (χ0v) is 15.2. The summed E-state index contributed by atoms with van der Waals surface area (Å²) in [5.41, 5.74) is 0.996. The molecule has 0 spiro atoms. The van der Waals surface area contributed by atoms with Crippen molar-refractivity contribution in [3.05, 3.63) is 45.5 Å². The van der Waals surface area contributed by atoms with Gasteiger partial charge in [-0.25, -0.2) is 4.98 Å². The molecule has 1 fully saturated rings. The molecule has 2 heterocycles.